The van der Waals surface area contributed by atoms with E-state index in [1.165, 1.54) is 6.92 Å². The van der Waals surface area contributed by atoms with E-state index in [1.807, 2.05) is 0 Å². The molecular formula is C11H12F4N2O3S. The first-order valence-corrected chi connectivity index (χ1v) is 7.09. The Bertz CT molecular complexity index is 643. The van der Waals surface area contributed by atoms with Crippen molar-refractivity contribution in [3.63, 3.8) is 0 Å². The van der Waals surface area contributed by atoms with Gasteiger partial charge < -0.3 is 11.1 Å². The van der Waals surface area contributed by atoms with Crippen LogP contribution < -0.4 is 11.1 Å². The summed E-state index contributed by atoms with van der Waals surface area (Å²) >= 11 is 0. The first-order valence-electron chi connectivity index (χ1n) is 5.61. The molecule has 3 N–H and O–H groups in total. The molecule has 0 radical (unpaired) electrons. The number of carbonyl (C=O) groups excluding carboxylic acids is 1. The molecule has 0 aliphatic rings. The second-order valence-electron chi connectivity index (χ2n) is 4.31. The topological polar surface area (TPSA) is 89.3 Å². The number of rotatable bonds is 5. The van der Waals surface area contributed by atoms with Crippen LogP contribution in [0.15, 0.2) is 23.1 Å². The highest BCUT2D eigenvalue weighted by Crippen LogP contribution is 2.35. The van der Waals surface area contributed by atoms with Gasteiger partial charge in [0.25, 0.3) is 9.84 Å². The smallest absolute Gasteiger partial charge is 0.381 e. The number of hydrogen-bond donors (Lipinski definition) is 2. The number of benzene rings is 1. The second kappa shape index (κ2) is 5.88. The minimum Gasteiger partial charge on any atom is -0.381 e. The van der Waals surface area contributed by atoms with E-state index in [-0.39, 0.29) is 12.5 Å². The van der Waals surface area contributed by atoms with E-state index in [0.29, 0.717) is 0 Å². The molecule has 0 saturated heterocycles. The van der Waals surface area contributed by atoms with E-state index < -0.39 is 43.7 Å². The molecular weight excluding hydrogens is 316 g/mol. The molecule has 10 heteroatoms. The summed E-state index contributed by atoms with van der Waals surface area (Å²) in [5, 5.41) is 2.40. The molecule has 0 fully saturated rings. The Morgan fingerprint density at radius 3 is 2.43 bits per heavy atom. The van der Waals surface area contributed by atoms with Crippen LogP contribution in [0, 0.1) is 5.82 Å². The standard InChI is InChI=1S/C11H12F4N2O3S/c1-6(4-10(16)18)17-8-3-2-7(12)5-9(8)21(19,20)11(13,14)15/h2-3,5-6,17H,4H2,1H3,(H2,16,18)/t6-/m0/s1. The fraction of sp³-hybridized carbons (Fsp3) is 0.364. The van der Waals surface area contributed by atoms with Crippen molar-refractivity contribution in [3.05, 3.63) is 24.0 Å². The van der Waals surface area contributed by atoms with Crippen LogP contribution in [0.25, 0.3) is 0 Å². The van der Waals surface area contributed by atoms with Gasteiger partial charge in [-0.05, 0) is 25.1 Å². The quantitative estimate of drug-likeness (QED) is 0.807. The summed E-state index contributed by atoms with van der Waals surface area (Å²) in [5.41, 5.74) is -1.09. The lowest BCUT2D eigenvalue weighted by molar-refractivity contribution is -0.118. The van der Waals surface area contributed by atoms with Crippen molar-refractivity contribution in [2.45, 2.75) is 29.8 Å². The molecule has 5 nitrogen and oxygen atoms in total. The molecule has 0 heterocycles. The average Bonchev–Trinajstić information content (AvgIpc) is 2.28. The molecule has 0 bridgehead atoms. The number of alkyl halides is 3. The number of carbonyl (C=O) groups is 1. The molecule has 1 atom stereocenters. The molecule has 1 amide bonds. The van der Waals surface area contributed by atoms with Gasteiger partial charge in [-0.2, -0.15) is 13.2 Å². The Kier molecular flexibility index (Phi) is 4.82. The molecule has 0 spiro atoms. The van der Waals surface area contributed by atoms with E-state index in [1.54, 1.807) is 0 Å². The van der Waals surface area contributed by atoms with Gasteiger partial charge in [-0.15, -0.1) is 0 Å². The summed E-state index contributed by atoms with van der Waals surface area (Å²) in [7, 11) is -5.72. The zero-order chi connectivity index (χ0) is 16.4. The number of amides is 1. The van der Waals surface area contributed by atoms with Crippen LogP contribution in [0.5, 0.6) is 0 Å². The summed E-state index contributed by atoms with van der Waals surface area (Å²) in [6.45, 7) is 1.41. The highest BCUT2D eigenvalue weighted by Gasteiger charge is 2.48. The van der Waals surface area contributed by atoms with Crippen LogP contribution in [0.1, 0.15) is 13.3 Å². The fourth-order valence-electron chi connectivity index (χ4n) is 1.58. The Labute approximate surface area is 118 Å². The molecule has 0 aliphatic heterocycles. The van der Waals surface area contributed by atoms with Gasteiger partial charge >= 0.3 is 5.51 Å². The van der Waals surface area contributed by atoms with Gasteiger partial charge in [-0.1, -0.05) is 0 Å². The number of hydrogen-bond acceptors (Lipinski definition) is 4. The predicted molar refractivity (Wildman–Crippen MR) is 66.5 cm³/mol. The lowest BCUT2D eigenvalue weighted by atomic mass is 10.2. The van der Waals surface area contributed by atoms with Crippen molar-refractivity contribution in [2.75, 3.05) is 5.32 Å². The van der Waals surface area contributed by atoms with E-state index >= 15 is 0 Å². The zero-order valence-corrected chi connectivity index (χ0v) is 11.6. The van der Waals surface area contributed by atoms with Crippen molar-refractivity contribution in [2.24, 2.45) is 5.73 Å². The molecule has 1 rings (SSSR count). The van der Waals surface area contributed by atoms with Gasteiger partial charge in [0.15, 0.2) is 0 Å². The lowest BCUT2D eigenvalue weighted by Crippen LogP contribution is -2.27. The minimum atomic E-state index is -5.72. The highest BCUT2D eigenvalue weighted by atomic mass is 32.2. The van der Waals surface area contributed by atoms with E-state index in [0.717, 1.165) is 12.1 Å². The van der Waals surface area contributed by atoms with Gasteiger partial charge in [0.1, 0.15) is 10.7 Å². The number of anilines is 1. The molecule has 0 aliphatic carbocycles. The summed E-state index contributed by atoms with van der Waals surface area (Å²) in [6.07, 6.45) is -0.233. The highest BCUT2D eigenvalue weighted by molar-refractivity contribution is 7.92. The molecule has 0 aromatic heterocycles. The molecule has 0 saturated carbocycles. The van der Waals surface area contributed by atoms with Crippen LogP contribution in [-0.2, 0) is 14.6 Å². The lowest BCUT2D eigenvalue weighted by Gasteiger charge is -2.18. The average molecular weight is 328 g/mol. The Balaban J connectivity index is 3.27. The molecule has 0 unspecified atom stereocenters. The van der Waals surface area contributed by atoms with Crippen LogP contribution >= 0.6 is 0 Å². The Hall–Kier alpha value is -1.84. The van der Waals surface area contributed by atoms with Crippen LogP contribution in [0.2, 0.25) is 0 Å². The van der Waals surface area contributed by atoms with Crippen molar-refractivity contribution in [3.8, 4) is 0 Å². The van der Waals surface area contributed by atoms with E-state index in [4.69, 9.17) is 5.73 Å². The summed E-state index contributed by atoms with van der Waals surface area (Å²) in [5.74, 6) is -1.86. The van der Waals surface area contributed by atoms with E-state index in [2.05, 4.69) is 5.32 Å². The summed E-state index contributed by atoms with van der Waals surface area (Å²) < 4.78 is 73.6. The summed E-state index contributed by atoms with van der Waals surface area (Å²) in [6, 6.07) is 1.19. The molecule has 118 valence electrons. The number of nitrogens with two attached hydrogens (primary N) is 1. The number of nitrogens with one attached hydrogen (secondary N) is 1. The van der Waals surface area contributed by atoms with Gasteiger partial charge in [0.05, 0.1) is 5.69 Å². The van der Waals surface area contributed by atoms with Crippen LogP contribution in [0.3, 0.4) is 0 Å². The molecule has 1 aromatic rings. The first kappa shape index (κ1) is 17.2. The number of sulfone groups is 1. The molecule has 21 heavy (non-hydrogen) atoms. The molecule has 1 aromatic carbocycles. The number of primary amides is 1. The van der Waals surface area contributed by atoms with Gasteiger partial charge in [0.2, 0.25) is 5.91 Å². The van der Waals surface area contributed by atoms with Crippen molar-refractivity contribution in [1.29, 1.82) is 0 Å². The third kappa shape index (κ3) is 4.06. The fourth-order valence-corrected chi connectivity index (χ4v) is 2.51. The van der Waals surface area contributed by atoms with Crippen LogP contribution in [-0.4, -0.2) is 25.9 Å². The van der Waals surface area contributed by atoms with E-state index in [9.17, 15) is 30.8 Å². The Morgan fingerprint density at radius 1 is 1.38 bits per heavy atom. The maximum Gasteiger partial charge on any atom is 0.501 e. The van der Waals surface area contributed by atoms with Gasteiger partial charge in [0, 0.05) is 12.5 Å². The Morgan fingerprint density at radius 2 is 1.95 bits per heavy atom. The maximum absolute atomic E-state index is 13.1. The monoisotopic (exact) mass is 328 g/mol. The third-order valence-corrected chi connectivity index (χ3v) is 3.97. The predicted octanol–water partition coefficient (Wildman–Crippen LogP) is 1.79. The van der Waals surface area contributed by atoms with Crippen molar-refractivity contribution >= 4 is 21.4 Å². The van der Waals surface area contributed by atoms with Crippen molar-refractivity contribution in [1.82, 2.24) is 0 Å². The largest absolute Gasteiger partial charge is 0.501 e. The SMILES string of the molecule is C[C@@H](CC(N)=O)Nc1ccc(F)cc1S(=O)(=O)C(F)(F)F. The minimum absolute atomic E-state index is 0.233. The maximum atomic E-state index is 13.1. The third-order valence-electron chi connectivity index (χ3n) is 2.45. The second-order valence-corrected chi connectivity index (χ2v) is 6.22. The van der Waals surface area contributed by atoms with Gasteiger partial charge in [-0.3, -0.25) is 4.79 Å². The summed E-state index contributed by atoms with van der Waals surface area (Å²) in [4.78, 5) is 9.47. The van der Waals surface area contributed by atoms with Crippen molar-refractivity contribution < 1.29 is 30.8 Å². The van der Waals surface area contributed by atoms with Crippen LogP contribution in [0.4, 0.5) is 23.2 Å². The first-order chi connectivity index (χ1) is 9.45. The number of halogens is 4. The normalized spacial score (nSPS) is 13.8. The van der Waals surface area contributed by atoms with Gasteiger partial charge in [-0.25, -0.2) is 12.8 Å². The zero-order valence-electron chi connectivity index (χ0n) is 10.7.